The lowest BCUT2D eigenvalue weighted by Gasteiger charge is -2.13. The Kier molecular flexibility index (Phi) is 4.13. The molecule has 102 valence electrons. The van der Waals surface area contributed by atoms with E-state index in [0.29, 0.717) is 10.2 Å². The molecule has 6 heteroatoms. The normalized spacial score (nSPS) is 13.4. The van der Waals surface area contributed by atoms with Gasteiger partial charge in [0.05, 0.1) is 10.9 Å². The van der Waals surface area contributed by atoms with Crippen LogP contribution in [0.5, 0.6) is 0 Å². The molecule has 0 unspecified atom stereocenters. The van der Waals surface area contributed by atoms with Crippen LogP contribution < -0.4 is 4.72 Å². The highest BCUT2D eigenvalue weighted by atomic mass is 79.9. The van der Waals surface area contributed by atoms with Crippen molar-refractivity contribution in [2.45, 2.75) is 24.8 Å². The van der Waals surface area contributed by atoms with Crippen molar-refractivity contribution in [2.24, 2.45) is 0 Å². The van der Waals surface area contributed by atoms with Crippen LogP contribution in [0, 0.1) is 6.92 Å². The first-order valence-corrected chi connectivity index (χ1v) is 8.01. The maximum atomic E-state index is 12.3. The first kappa shape index (κ1) is 14.3. The molecular formula is C13H14BrNO3S. The smallest absolute Gasteiger partial charge is 0.242 e. The number of aryl methyl sites for hydroxylation is 1. The summed E-state index contributed by atoms with van der Waals surface area (Å²) in [6.07, 6.45) is 0. The van der Waals surface area contributed by atoms with E-state index in [1.54, 1.807) is 43.3 Å². The van der Waals surface area contributed by atoms with Crippen LogP contribution in [-0.2, 0) is 10.0 Å². The summed E-state index contributed by atoms with van der Waals surface area (Å²) < 4.78 is 33.1. The van der Waals surface area contributed by atoms with E-state index in [-0.39, 0.29) is 4.90 Å². The average molecular weight is 344 g/mol. The predicted octanol–water partition coefficient (Wildman–Crippen LogP) is 3.39. The van der Waals surface area contributed by atoms with Crippen LogP contribution in [0.2, 0.25) is 0 Å². The number of sulfonamides is 1. The van der Waals surface area contributed by atoms with Crippen LogP contribution in [-0.4, -0.2) is 8.42 Å². The van der Waals surface area contributed by atoms with Crippen molar-refractivity contribution in [1.29, 1.82) is 0 Å². The number of hydrogen-bond acceptors (Lipinski definition) is 3. The topological polar surface area (TPSA) is 59.3 Å². The van der Waals surface area contributed by atoms with Gasteiger partial charge in [-0.2, -0.15) is 0 Å². The second kappa shape index (κ2) is 5.48. The largest absolute Gasteiger partial charge is 0.465 e. The van der Waals surface area contributed by atoms with E-state index < -0.39 is 16.1 Å². The first-order chi connectivity index (χ1) is 8.90. The molecule has 2 rings (SSSR count). The van der Waals surface area contributed by atoms with Crippen molar-refractivity contribution in [3.63, 3.8) is 0 Å². The van der Waals surface area contributed by atoms with Crippen LogP contribution >= 0.6 is 15.9 Å². The lowest BCUT2D eigenvalue weighted by molar-refractivity contribution is 0.441. The summed E-state index contributed by atoms with van der Waals surface area (Å²) in [6.45, 7) is 3.56. The summed E-state index contributed by atoms with van der Waals surface area (Å²) in [6, 6.07) is 9.83. The van der Waals surface area contributed by atoms with Gasteiger partial charge in [-0.1, -0.05) is 12.1 Å². The highest BCUT2D eigenvalue weighted by Gasteiger charge is 2.21. The fourth-order valence-corrected chi connectivity index (χ4v) is 3.92. The SMILES string of the molecule is Cc1ccc([C@H](C)NS(=O)(=O)c2ccccc2Br)o1. The van der Waals surface area contributed by atoms with Crippen molar-refractivity contribution < 1.29 is 12.8 Å². The molecular weight excluding hydrogens is 330 g/mol. The number of hydrogen-bond donors (Lipinski definition) is 1. The molecule has 0 fully saturated rings. The Balaban J connectivity index is 2.25. The van der Waals surface area contributed by atoms with Gasteiger partial charge in [-0.05, 0) is 54.0 Å². The van der Waals surface area contributed by atoms with E-state index in [1.165, 1.54) is 0 Å². The maximum absolute atomic E-state index is 12.3. The molecule has 19 heavy (non-hydrogen) atoms. The summed E-state index contributed by atoms with van der Waals surface area (Å²) in [5.41, 5.74) is 0. The Morgan fingerprint density at radius 3 is 2.47 bits per heavy atom. The minimum Gasteiger partial charge on any atom is -0.465 e. The monoisotopic (exact) mass is 343 g/mol. The molecule has 0 saturated carbocycles. The lowest BCUT2D eigenvalue weighted by Crippen LogP contribution is -2.26. The molecule has 0 amide bonds. The van der Waals surface area contributed by atoms with Crippen molar-refractivity contribution in [2.75, 3.05) is 0 Å². The number of nitrogens with one attached hydrogen (secondary N) is 1. The van der Waals surface area contributed by atoms with E-state index in [2.05, 4.69) is 20.7 Å². The van der Waals surface area contributed by atoms with Gasteiger partial charge in [-0.15, -0.1) is 0 Å². The highest BCUT2D eigenvalue weighted by molar-refractivity contribution is 9.10. The van der Waals surface area contributed by atoms with Crippen molar-refractivity contribution >= 4 is 26.0 Å². The highest BCUT2D eigenvalue weighted by Crippen LogP contribution is 2.24. The minimum absolute atomic E-state index is 0.213. The maximum Gasteiger partial charge on any atom is 0.242 e. The van der Waals surface area contributed by atoms with Gasteiger partial charge in [0, 0.05) is 4.47 Å². The number of halogens is 1. The quantitative estimate of drug-likeness (QED) is 0.925. The van der Waals surface area contributed by atoms with Crippen LogP contribution in [0.3, 0.4) is 0 Å². The third-order valence-electron chi connectivity index (χ3n) is 2.65. The van der Waals surface area contributed by atoms with E-state index in [0.717, 1.165) is 5.76 Å². The van der Waals surface area contributed by atoms with E-state index in [4.69, 9.17) is 4.42 Å². The number of benzene rings is 1. The van der Waals surface area contributed by atoms with E-state index in [1.807, 2.05) is 6.92 Å². The molecule has 0 radical (unpaired) electrons. The van der Waals surface area contributed by atoms with Gasteiger partial charge in [0.2, 0.25) is 10.0 Å². The molecule has 0 bridgehead atoms. The Hall–Kier alpha value is -1.11. The van der Waals surface area contributed by atoms with E-state index >= 15 is 0 Å². The van der Waals surface area contributed by atoms with Crippen LogP contribution in [0.4, 0.5) is 0 Å². The summed E-state index contributed by atoms with van der Waals surface area (Å²) >= 11 is 3.24. The van der Waals surface area contributed by atoms with Gasteiger partial charge < -0.3 is 4.42 Å². The zero-order valence-corrected chi connectivity index (χ0v) is 13.0. The molecule has 1 atom stereocenters. The van der Waals surface area contributed by atoms with Crippen molar-refractivity contribution in [1.82, 2.24) is 4.72 Å². The Bertz CT molecular complexity index is 679. The standard InChI is InChI=1S/C13H14BrNO3S/c1-9-7-8-12(18-9)10(2)15-19(16,17)13-6-4-3-5-11(13)14/h3-8,10,15H,1-2H3/t10-/m0/s1. The molecule has 0 spiro atoms. The summed E-state index contributed by atoms with van der Waals surface area (Å²) in [7, 11) is -3.59. The molecule has 0 saturated heterocycles. The molecule has 1 aromatic carbocycles. The molecule has 0 aliphatic rings. The first-order valence-electron chi connectivity index (χ1n) is 5.73. The molecule has 0 aliphatic heterocycles. The summed E-state index contributed by atoms with van der Waals surface area (Å²) in [5, 5.41) is 0. The van der Waals surface area contributed by atoms with Crippen molar-refractivity contribution in [3.8, 4) is 0 Å². The summed E-state index contributed by atoms with van der Waals surface area (Å²) in [4.78, 5) is 0.213. The molecule has 1 aromatic heterocycles. The Morgan fingerprint density at radius 1 is 1.21 bits per heavy atom. The Morgan fingerprint density at radius 2 is 1.89 bits per heavy atom. The molecule has 4 nitrogen and oxygen atoms in total. The zero-order valence-electron chi connectivity index (χ0n) is 10.6. The fraction of sp³-hybridized carbons (Fsp3) is 0.231. The molecule has 1 heterocycles. The van der Waals surface area contributed by atoms with Gasteiger partial charge >= 0.3 is 0 Å². The van der Waals surface area contributed by atoms with Gasteiger partial charge in [0.1, 0.15) is 11.5 Å². The van der Waals surface area contributed by atoms with E-state index in [9.17, 15) is 8.42 Å². The van der Waals surface area contributed by atoms with Gasteiger partial charge in [0.25, 0.3) is 0 Å². The third-order valence-corrected chi connectivity index (χ3v) is 5.20. The van der Waals surface area contributed by atoms with Gasteiger partial charge in [-0.25, -0.2) is 13.1 Å². The van der Waals surface area contributed by atoms with Crippen LogP contribution in [0.15, 0.2) is 50.2 Å². The second-order valence-corrected chi connectivity index (χ2v) is 6.76. The molecule has 1 N–H and O–H groups in total. The molecule has 2 aromatic rings. The zero-order chi connectivity index (χ0) is 14.0. The fourth-order valence-electron chi connectivity index (χ4n) is 1.70. The van der Waals surface area contributed by atoms with Gasteiger partial charge in [-0.3, -0.25) is 0 Å². The summed E-state index contributed by atoms with van der Waals surface area (Å²) in [5.74, 6) is 1.34. The Labute approximate surface area is 121 Å². The average Bonchev–Trinajstić information content (AvgIpc) is 2.76. The number of rotatable bonds is 4. The van der Waals surface area contributed by atoms with Gasteiger partial charge in [0.15, 0.2) is 0 Å². The molecule has 0 aliphatic carbocycles. The van der Waals surface area contributed by atoms with Crippen molar-refractivity contribution in [3.05, 3.63) is 52.4 Å². The minimum atomic E-state index is -3.59. The third kappa shape index (κ3) is 3.26. The van der Waals surface area contributed by atoms with Crippen LogP contribution in [0.1, 0.15) is 24.5 Å². The number of furan rings is 1. The predicted molar refractivity (Wildman–Crippen MR) is 76.3 cm³/mol. The van der Waals surface area contributed by atoms with Crippen LogP contribution in [0.25, 0.3) is 0 Å². The lowest BCUT2D eigenvalue weighted by atomic mass is 10.3. The second-order valence-electron chi connectivity index (χ2n) is 4.22.